The minimum absolute atomic E-state index is 0. The SMILES string of the molecule is CN(C)P(C)(O)=S.Cl. The fraction of sp³-hybridized carbons (Fsp3) is 1.00. The van der Waals surface area contributed by atoms with Crippen molar-refractivity contribution in [3.05, 3.63) is 0 Å². The van der Waals surface area contributed by atoms with Gasteiger partial charge in [0, 0.05) is 6.66 Å². The lowest BCUT2D eigenvalue weighted by atomic mass is 11.3. The van der Waals surface area contributed by atoms with Gasteiger partial charge in [0.1, 0.15) is 6.42 Å². The lowest BCUT2D eigenvalue weighted by Crippen LogP contribution is -2.05. The van der Waals surface area contributed by atoms with E-state index in [0.717, 1.165) is 0 Å². The fourth-order valence-corrected chi connectivity index (χ4v) is 0. The van der Waals surface area contributed by atoms with Gasteiger partial charge in [-0.15, -0.1) is 12.4 Å². The largest absolute Gasteiger partial charge is 0.354 e. The Hall–Kier alpha value is 0.860. The zero-order valence-corrected chi connectivity index (χ0v) is 7.69. The van der Waals surface area contributed by atoms with Gasteiger partial charge in [-0.1, -0.05) is 11.8 Å². The third kappa shape index (κ3) is 5.01. The predicted octanol–water partition coefficient (Wildman–Crippen LogP) is 0.901. The Morgan fingerprint density at radius 2 is 1.62 bits per heavy atom. The first-order chi connectivity index (χ1) is 2.94. The number of nitrogens with zero attached hydrogens (tertiary/aromatic N) is 1. The Bertz CT molecular complexity index is 101. The molecule has 0 aliphatic heterocycles. The minimum Gasteiger partial charge on any atom is -0.354 e. The molecule has 1 unspecified atom stereocenters. The summed E-state index contributed by atoms with van der Waals surface area (Å²) in [6.45, 7) is 1.67. The van der Waals surface area contributed by atoms with Gasteiger partial charge in [-0.05, 0) is 14.1 Å². The van der Waals surface area contributed by atoms with Gasteiger partial charge in [0.05, 0.1) is 0 Å². The third-order valence-electron chi connectivity index (χ3n) is 0.742. The van der Waals surface area contributed by atoms with Gasteiger partial charge in [-0.3, -0.25) is 4.67 Å². The topological polar surface area (TPSA) is 23.5 Å². The second kappa shape index (κ2) is 3.80. The van der Waals surface area contributed by atoms with Crippen molar-refractivity contribution in [2.24, 2.45) is 0 Å². The Morgan fingerprint density at radius 3 is 1.62 bits per heavy atom. The molecule has 0 aromatic heterocycles. The van der Waals surface area contributed by atoms with Crippen molar-refractivity contribution in [2.45, 2.75) is 0 Å². The summed E-state index contributed by atoms with van der Waals surface area (Å²) in [5.74, 6) is 0. The molecule has 0 aromatic rings. The molecule has 0 saturated carbocycles. The molecule has 2 nitrogen and oxygen atoms in total. The molecule has 1 N–H and O–H groups in total. The van der Waals surface area contributed by atoms with Crippen LogP contribution in [-0.2, 0) is 11.8 Å². The van der Waals surface area contributed by atoms with Crippen LogP contribution in [0, 0.1) is 0 Å². The first-order valence-electron chi connectivity index (χ1n) is 1.92. The molecule has 0 bridgehead atoms. The van der Waals surface area contributed by atoms with Gasteiger partial charge in [0.25, 0.3) is 0 Å². The van der Waals surface area contributed by atoms with Crippen molar-refractivity contribution >= 4 is 30.6 Å². The van der Waals surface area contributed by atoms with Crippen molar-refractivity contribution in [3.63, 3.8) is 0 Å². The number of hydrogen-bond acceptors (Lipinski definition) is 1. The van der Waals surface area contributed by atoms with Gasteiger partial charge in [-0.2, -0.15) is 0 Å². The predicted molar refractivity (Wildman–Crippen MR) is 43.4 cm³/mol. The van der Waals surface area contributed by atoms with Gasteiger partial charge in [0.15, 0.2) is 0 Å². The van der Waals surface area contributed by atoms with Crippen LogP contribution < -0.4 is 0 Å². The number of hydrogen-bond donors (Lipinski definition) is 1. The van der Waals surface area contributed by atoms with Crippen LogP contribution in [0.15, 0.2) is 0 Å². The lowest BCUT2D eigenvalue weighted by molar-refractivity contribution is 0.532. The molecule has 0 rings (SSSR count). The van der Waals surface area contributed by atoms with Crippen LogP contribution in [-0.4, -0.2) is 30.3 Å². The van der Waals surface area contributed by atoms with Crippen molar-refractivity contribution in [2.75, 3.05) is 20.8 Å². The van der Waals surface area contributed by atoms with E-state index >= 15 is 0 Å². The van der Waals surface area contributed by atoms with E-state index in [4.69, 9.17) is 16.7 Å². The van der Waals surface area contributed by atoms with Crippen LogP contribution in [0.4, 0.5) is 0 Å². The van der Waals surface area contributed by atoms with E-state index in [0.29, 0.717) is 0 Å². The maximum atomic E-state index is 8.95. The standard InChI is InChI=1S/C3H10NOPS.ClH/c1-4(2)6(3,5)7;/h1-3H3,(H,5,7);1H. The second-order valence-electron chi connectivity index (χ2n) is 1.68. The Kier molecular flexibility index (Phi) is 5.53. The zero-order valence-electron chi connectivity index (χ0n) is 5.16. The molecule has 0 aromatic carbocycles. The fourth-order valence-electron chi connectivity index (χ4n) is 0. The minimum atomic E-state index is -2.07. The summed E-state index contributed by atoms with van der Waals surface area (Å²) in [6.07, 6.45) is -2.07. The number of rotatable bonds is 1. The van der Waals surface area contributed by atoms with E-state index < -0.39 is 6.42 Å². The molecule has 8 heavy (non-hydrogen) atoms. The summed E-state index contributed by atoms with van der Waals surface area (Å²) in [5.41, 5.74) is 0. The highest BCUT2D eigenvalue weighted by Crippen LogP contribution is 2.37. The van der Waals surface area contributed by atoms with Crippen LogP contribution in [0.1, 0.15) is 0 Å². The van der Waals surface area contributed by atoms with Crippen LogP contribution in [0.2, 0.25) is 0 Å². The van der Waals surface area contributed by atoms with E-state index in [9.17, 15) is 0 Å². The van der Waals surface area contributed by atoms with Crippen molar-refractivity contribution in [1.29, 1.82) is 0 Å². The smallest absolute Gasteiger partial charge is 0.125 e. The van der Waals surface area contributed by atoms with Crippen LogP contribution >= 0.6 is 18.8 Å². The van der Waals surface area contributed by atoms with Gasteiger partial charge in [0.2, 0.25) is 0 Å². The molecule has 0 spiro atoms. The van der Waals surface area contributed by atoms with Gasteiger partial charge < -0.3 is 4.89 Å². The number of halogens is 1. The highest BCUT2D eigenvalue weighted by molar-refractivity contribution is 8.10. The first kappa shape index (κ1) is 11.6. The molecule has 0 fully saturated rings. The average molecular weight is 176 g/mol. The van der Waals surface area contributed by atoms with Gasteiger partial charge in [-0.25, -0.2) is 0 Å². The highest BCUT2D eigenvalue weighted by Gasteiger charge is 2.04. The Balaban J connectivity index is 0. The summed E-state index contributed by atoms with van der Waals surface area (Å²) >= 11 is 4.70. The Labute approximate surface area is 61.4 Å². The monoisotopic (exact) mass is 175 g/mol. The molecule has 0 radical (unpaired) electrons. The molecule has 0 amide bonds. The average Bonchev–Trinajstić information content (AvgIpc) is 1.31. The molecule has 1 atom stereocenters. The van der Waals surface area contributed by atoms with Crippen LogP contribution in [0.25, 0.3) is 0 Å². The van der Waals surface area contributed by atoms with Crippen molar-refractivity contribution in [3.8, 4) is 0 Å². The summed E-state index contributed by atoms with van der Waals surface area (Å²) < 4.78 is 1.67. The van der Waals surface area contributed by atoms with Crippen molar-refractivity contribution in [1.82, 2.24) is 4.67 Å². The maximum Gasteiger partial charge on any atom is 0.125 e. The quantitative estimate of drug-likeness (QED) is 0.600. The summed E-state index contributed by atoms with van der Waals surface area (Å²) in [5, 5.41) is 0. The van der Waals surface area contributed by atoms with Gasteiger partial charge >= 0.3 is 0 Å². The molecule has 52 valence electrons. The molecule has 5 heteroatoms. The van der Waals surface area contributed by atoms with E-state index in [1.165, 1.54) is 0 Å². The highest BCUT2D eigenvalue weighted by atomic mass is 35.5. The Morgan fingerprint density at radius 1 is 1.50 bits per heavy atom. The van der Waals surface area contributed by atoms with E-state index in [-0.39, 0.29) is 12.4 Å². The summed E-state index contributed by atoms with van der Waals surface area (Å²) in [4.78, 5) is 8.95. The van der Waals surface area contributed by atoms with Crippen molar-refractivity contribution < 1.29 is 4.89 Å². The second-order valence-corrected chi connectivity index (χ2v) is 6.23. The van der Waals surface area contributed by atoms with E-state index in [1.807, 2.05) is 0 Å². The molecule has 0 heterocycles. The van der Waals surface area contributed by atoms with E-state index in [1.54, 1.807) is 25.4 Å². The first-order valence-corrected chi connectivity index (χ1v) is 5.08. The maximum absolute atomic E-state index is 8.95. The third-order valence-corrected chi connectivity index (χ3v) is 3.21. The van der Waals surface area contributed by atoms with Crippen LogP contribution in [0.3, 0.4) is 0 Å². The summed E-state index contributed by atoms with van der Waals surface area (Å²) in [6, 6.07) is 0. The van der Waals surface area contributed by atoms with E-state index in [2.05, 4.69) is 0 Å². The van der Waals surface area contributed by atoms with Crippen LogP contribution in [0.5, 0.6) is 0 Å². The molecule has 0 aliphatic carbocycles. The molecular formula is C3H11ClNOPS. The lowest BCUT2D eigenvalue weighted by Gasteiger charge is -2.16. The summed E-state index contributed by atoms with van der Waals surface area (Å²) in [7, 11) is 3.56. The molecule has 0 aliphatic rings. The molecule has 0 saturated heterocycles. The molecular weight excluding hydrogens is 165 g/mol. The zero-order chi connectivity index (χ0) is 6.08. The normalized spacial score (nSPS) is 17.1.